The zero-order valence-corrected chi connectivity index (χ0v) is 10.2. The van der Waals surface area contributed by atoms with Crippen molar-refractivity contribution in [1.82, 2.24) is 4.90 Å². The van der Waals surface area contributed by atoms with Crippen LogP contribution >= 0.6 is 0 Å². The van der Waals surface area contributed by atoms with Gasteiger partial charge in [0.2, 0.25) is 0 Å². The molecule has 0 heterocycles. The summed E-state index contributed by atoms with van der Waals surface area (Å²) >= 11 is 0. The minimum Gasteiger partial charge on any atom is -0.507 e. The molecule has 0 atom stereocenters. The van der Waals surface area contributed by atoms with Gasteiger partial charge in [0.25, 0.3) is 0 Å². The van der Waals surface area contributed by atoms with Crippen molar-refractivity contribution in [1.29, 1.82) is 0 Å². The van der Waals surface area contributed by atoms with Crippen LogP contribution in [0.1, 0.15) is 30.0 Å². The van der Waals surface area contributed by atoms with Crippen molar-refractivity contribution in [2.45, 2.75) is 33.2 Å². The maximum atomic E-state index is 9.87. The molecule has 2 heteroatoms. The Morgan fingerprint density at radius 2 is 1.93 bits per heavy atom. The lowest BCUT2D eigenvalue weighted by Crippen LogP contribution is -2.11. The summed E-state index contributed by atoms with van der Waals surface area (Å²) in [6.07, 6.45) is 2.02. The third kappa shape index (κ3) is 3.24. The summed E-state index contributed by atoms with van der Waals surface area (Å²) in [6.45, 7) is 5.03. The molecule has 0 bridgehead atoms. The van der Waals surface area contributed by atoms with Crippen LogP contribution < -0.4 is 0 Å². The summed E-state index contributed by atoms with van der Waals surface area (Å²) in [4.78, 5) is 2.14. The van der Waals surface area contributed by atoms with Gasteiger partial charge in [-0.2, -0.15) is 0 Å². The van der Waals surface area contributed by atoms with E-state index in [9.17, 15) is 5.11 Å². The Morgan fingerprint density at radius 1 is 1.27 bits per heavy atom. The van der Waals surface area contributed by atoms with Gasteiger partial charge in [-0.05, 0) is 44.1 Å². The van der Waals surface area contributed by atoms with E-state index in [1.807, 2.05) is 6.92 Å². The van der Waals surface area contributed by atoms with Gasteiger partial charge in [-0.15, -0.1) is 0 Å². The first-order chi connectivity index (χ1) is 7.04. The lowest BCUT2D eigenvalue weighted by Gasteiger charge is -2.13. The largest absolute Gasteiger partial charge is 0.507 e. The fourth-order valence-corrected chi connectivity index (χ4v) is 1.85. The van der Waals surface area contributed by atoms with E-state index in [2.05, 4.69) is 38.1 Å². The van der Waals surface area contributed by atoms with Crippen LogP contribution in [0.4, 0.5) is 0 Å². The Morgan fingerprint density at radius 3 is 2.47 bits per heavy atom. The quantitative estimate of drug-likeness (QED) is 0.820. The fourth-order valence-electron chi connectivity index (χ4n) is 1.85. The lowest BCUT2D eigenvalue weighted by molar-refractivity contribution is 0.401. The summed E-state index contributed by atoms with van der Waals surface area (Å²) in [5.41, 5.74) is 3.34. The van der Waals surface area contributed by atoms with Crippen LogP contribution in [0.25, 0.3) is 0 Å². The number of benzene rings is 1. The number of aryl methyl sites for hydroxylation is 2. The molecule has 0 saturated carbocycles. The van der Waals surface area contributed by atoms with E-state index in [-0.39, 0.29) is 0 Å². The van der Waals surface area contributed by atoms with E-state index in [0.717, 1.165) is 30.5 Å². The first kappa shape index (κ1) is 12.1. The van der Waals surface area contributed by atoms with Crippen molar-refractivity contribution in [2.24, 2.45) is 0 Å². The number of rotatable bonds is 4. The Labute approximate surface area is 92.5 Å². The van der Waals surface area contributed by atoms with E-state index >= 15 is 0 Å². The molecule has 0 aliphatic rings. The van der Waals surface area contributed by atoms with E-state index in [4.69, 9.17) is 0 Å². The van der Waals surface area contributed by atoms with Crippen LogP contribution in [0.5, 0.6) is 5.75 Å². The lowest BCUT2D eigenvalue weighted by atomic mass is 10.0. The highest BCUT2D eigenvalue weighted by molar-refractivity contribution is 5.43. The van der Waals surface area contributed by atoms with Crippen molar-refractivity contribution in [3.63, 3.8) is 0 Å². The van der Waals surface area contributed by atoms with Gasteiger partial charge in [0.1, 0.15) is 5.75 Å². The van der Waals surface area contributed by atoms with Gasteiger partial charge in [0.15, 0.2) is 0 Å². The molecule has 0 radical (unpaired) electrons. The van der Waals surface area contributed by atoms with Gasteiger partial charge in [0, 0.05) is 6.54 Å². The first-order valence-corrected chi connectivity index (χ1v) is 5.50. The van der Waals surface area contributed by atoms with Crippen molar-refractivity contribution < 1.29 is 5.11 Å². The minimum absolute atomic E-state index is 0.472. The second kappa shape index (κ2) is 5.17. The van der Waals surface area contributed by atoms with E-state index in [1.54, 1.807) is 0 Å². The van der Waals surface area contributed by atoms with Crippen LogP contribution in [-0.4, -0.2) is 24.1 Å². The average Bonchev–Trinajstić information content (AvgIpc) is 2.12. The molecule has 1 N–H and O–H groups in total. The number of phenols is 1. The minimum atomic E-state index is 0.472. The highest BCUT2D eigenvalue weighted by Crippen LogP contribution is 2.25. The molecule has 84 valence electrons. The smallest absolute Gasteiger partial charge is 0.121 e. The molecule has 0 spiro atoms. The third-order valence-corrected chi connectivity index (χ3v) is 2.46. The van der Waals surface area contributed by atoms with Gasteiger partial charge in [0.05, 0.1) is 0 Å². The van der Waals surface area contributed by atoms with Crippen LogP contribution in [0.15, 0.2) is 12.1 Å². The monoisotopic (exact) mass is 207 g/mol. The number of nitrogens with zero attached hydrogens (tertiary/aromatic N) is 1. The molecular formula is C13H21NO. The zero-order chi connectivity index (χ0) is 11.4. The van der Waals surface area contributed by atoms with E-state index in [1.165, 1.54) is 5.56 Å². The highest BCUT2D eigenvalue weighted by atomic mass is 16.3. The van der Waals surface area contributed by atoms with Crippen molar-refractivity contribution in [3.05, 3.63) is 28.8 Å². The number of hydrogen-bond donors (Lipinski definition) is 1. The second-order valence-electron chi connectivity index (χ2n) is 4.41. The molecule has 0 aromatic heterocycles. The van der Waals surface area contributed by atoms with Gasteiger partial charge in [-0.25, -0.2) is 0 Å². The zero-order valence-electron chi connectivity index (χ0n) is 10.2. The highest BCUT2D eigenvalue weighted by Gasteiger charge is 2.06. The van der Waals surface area contributed by atoms with Gasteiger partial charge >= 0.3 is 0 Å². The molecule has 1 rings (SSSR count). The second-order valence-corrected chi connectivity index (χ2v) is 4.41. The van der Waals surface area contributed by atoms with Crippen molar-refractivity contribution in [3.8, 4) is 5.75 Å². The Bertz CT molecular complexity index is 332. The molecule has 0 fully saturated rings. The third-order valence-electron chi connectivity index (χ3n) is 2.46. The SMILES string of the molecule is CCCc1cc(CN(C)C)cc(C)c1O. The summed E-state index contributed by atoms with van der Waals surface area (Å²) in [7, 11) is 4.11. The maximum absolute atomic E-state index is 9.87. The summed E-state index contributed by atoms with van der Waals surface area (Å²) in [6, 6.07) is 4.18. The predicted octanol–water partition coefficient (Wildman–Crippen LogP) is 2.71. The van der Waals surface area contributed by atoms with E-state index < -0.39 is 0 Å². The Hall–Kier alpha value is -1.02. The number of phenolic OH excluding ortho intramolecular Hbond substituents is 1. The van der Waals surface area contributed by atoms with Gasteiger partial charge < -0.3 is 10.0 Å². The van der Waals surface area contributed by atoms with Crippen LogP contribution in [-0.2, 0) is 13.0 Å². The molecule has 0 saturated heterocycles. The molecule has 15 heavy (non-hydrogen) atoms. The fraction of sp³-hybridized carbons (Fsp3) is 0.538. The molecule has 0 aliphatic heterocycles. The van der Waals surface area contributed by atoms with Crippen LogP contribution in [0.3, 0.4) is 0 Å². The molecule has 0 unspecified atom stereocenters. The predicted molar refractivity (Wildman–Crippen MR) is 64.2 cm³/mol. The Kier molecular flexibility index (Phi) is 4.15. The van der Waals surface area contributed by atoms with Gasteiger partial charge in [-0.1, -0.05) is 25.5 Å². The summed E-state index contributed by atoms with van der Waals surface area (Å²) in [5, 5.41) is 9.87. The Balaban J connectivity index is 3.00. The molecular weight excluding hydrogens is 186 g/mol. The number of aromatic hydroxyl groups is 1. The molecule has 1 aromatic rings. The topological polar surface area (TPSA) is 23.5 Å². The summed E-state index contributed by atoms with van der Waals surface area (Å²) < 4.78 is 0. The first-order valence-electron chi connectivity index (χ1n) is 5.50. The molecule has 2 nitrogen and oxygen atoms in total. The molecule has 1 aromatic carbocycles. The van der Waals surface area contributed by atoms with Crippen LogP contribution in [0, 0.1) is 6.92 Å². The normalized spacial score (nSPS) is 11.0. The number of hydrogen-bond acceptors (Lipinski definition) is 2. The van der Waals surface area contributed by atoms with Crippen LogP contribution in [0.2, 0.25) is 0 Å². The maximum Gasteiger partial charge on any atom is 0.121 e. The standard InChI is InChI=1S/C13H21NO/c1-5-6-12-8-11(9-14(3)4)7-10(2)13(12)15/h7-8,15H,5-6,9H2,1-4H3. The molecule has 0 amide bonds. The van der Waals surface area contributed by atoms with Crippen molar-refractivity contribution >= 4 is 0 Å². The molecule has 0 aliphatic carbocycles. The van der Waals surface area contributed by atoms with Crippen molar-refractivity contribution in [2.75, 3.05) is 14.1 Å². The van der Waals surface area contributed by atoms with E-state index in [0.29, 0.717) is 5.75 Å². The summed E-state index contributed by atoms with van der Waals surface area (Å²) in [5.74, 6) is 0.472. The average molecular weight is 207 g/mol. The van der Waals surface area contributed by atoms with Gasteiger partial charge in [-0.3, -0.25) is 0 Å².